The van der Waals surface area contributed by atoms with Gasteiger partial charge in [-0.25, -0.2) is 4.99 Å². The van der Waals surface area contributed by atoms with Gasteiger partial charge >= 0.3 is 0 Å². The van der Waals surface area contributed by atoms with Crippen molar-refractivity contribution in [2.75, 3.05) is 26.8 Å². The van der Waals surface area contributed by atoms with Crippen LogP contribution in [-0.4, -0.2) is 52.4 Å². The van der Waals surface area contributed by atoms with Gasteiger partial charge in [-0.05, 0) is 29.1 Å². The molecule has 0 atom stereocenters. The quantitative estimate of drug-likeness (QED) is 0.255. The van der Waals surface area contributed by atoms with Crippen molar-refractivity contribution in [3.63, 3.8) is 0 Å². The Labute approximate surface area is 209 Å². The summed E-state index contributed by atoms with van der Waals surface area (Å²) in [6, 6.07) is 10.3. The zero-order valence-electron chi connectivity index (χ0n) is 18.4. The van der Waals surface area contributed by atoms with E-state index in [9.17, 15) is 0 Å². The van der Waals surface area contributed by atoms with Gasteiger partial charge in [0.05, 0.1) is 6.54 Å². The number of guanidine groups is 1. The molecule has 32 heavy (non-hydrogen) atoms. The van der Waals surface area contributed by atoms with Crippen LogP contribution in [0.25, 0.3) is 0 Å². The maximum absolute atomic E-state index is 5.73. The van der Waals surface area contributed by atoms with E-state index in [0.29, 0.717) is 26.3 Å². The molecular weight excluding hydrogens is 539 g/mol. The number of aromatic nitrogens is 3. The Hall–Kier alpha value is -2.34. The number of hydrogen-bond acceptors (Lipinski definition) is 6. The lowest BCUT2D eigenvalue weighted by molar-refractivity contribution is 0.171. The van der Waals surface area contributed by atoms with Crippen molar-refractivity contribution in [3.8, 4) is 11.5 Å². The summed E-state index contributed by atoms with van der Waals surface area (Å²) < 4.78 is 13.4. The van der Waals surface area contributed by atoms with Crippen LogP contribution in [0.1, 0.15) is 23.2 Å². The molecule has 1 aliphatic heterocycles. The van der Waals surface area contributed by atoms with Crippen molar-refractivity contribution in [1.82, 2.24) is 25.0 Å². The number of nitrogens with zero attached hydrogens (tertiary/aromatic N) is 5. The second-order valence-electron chi connectivity index (χ2n) is 7.27. The van der Waals surface area contributed by atoms with Gasteiger partial charge in [0.25, 0.3) is 0 Å². The number of nitrogens with one attached hydrogen (secondary N) is 1. The average molecular weight is 568 g/mol. The molecule has 4 rings (SSSR count). The predicted octanol–water partition coefficient (Wildman–Crippen LogP) is 3.57. The Balaban J connectivity index is 0.00000289. The summed E-state index contributed by atoms with van der Waals surface area (Å²) in [6.45, 7) is 6.15. The molecule has 1 aromatic carbocycles. The number of rotatable bonds is 8. The highest BCUT2D eigenvalue weighted by atomic mass is 127. The fourth-order valence-electron chi connectivity index (χ4n) is 3.43. The number of fused-ring (bicyclic) bond motifs is 1. The number of halogens is 1. The van der Waals surface area contributed by atoms with Gasteiger partial charge in [0.15, 0.2) is 17.5 Å². The molecule has 1 N–H and O–H groups in total. The van der Waals surface area contributed by atoms with E-state index in [1.807, 2.05) is 19.2 Å². The standard InChI is InChI=1S/C22H28N6O2S.HI/c1-3-21-26-25-16-28(21)9-8-23-22(24-14-18-5-4-12-31-18)27(2)15-17-6-7-19-20(13-17)30-11-10-29-19;/h4-7,12-13,16H,3,8-11,14-15H2,1-2H3,(H,23,24);1H. The third kappa shape index (κ3) is 6.35. The van der Waals surface area contributed by atoms with Crippen molar-refractivity contribution in [2.24, 2.45) is 4.99 Å². The van der Waals surface area contributed by atoms with E-state index in [1.165, 1.54) is 4.88 Å². The molecule has 0 spiro atoms. The van der Waals surface area contributed by atoms with E-state index in [-0.39, 0.29) is 24.0 Å². The SMILES string of the molecule is CCc1nncn1CCNC(=NCc1cccs1)N(C)Cc1ccc2c(c1)OCCO2.I. The van der Waals surface area contributed by atoms with Gasteiger partial charge in [0.1, 0.15) is 25.4 Å². The van der Waals surface area contributed by atoms with Gasteiger partial charge in [-0.2, -0.15) is 0 Å². The molecule has 0 unspecified atom stereocenters. The van der Waals surface area contributed by atoms with Gasteiger partial charge in [-0.3, -0.25) is 0 Å². The minimum absolute atomic E-state index is 0. The molecule has 0 aliphatic carbocycles. The van der Waals surface area contributed by atoms with Crippen molar-refractivity contribution in [1.29, 1.82) is 0 Å². The van der Waals surface area contributed by atoms with E-state index in [1.54, 1.807) is 17.7 Å². The van der Waals surface area contributed by atoms with E-state index >= 15 is 0 Å². The van der Waals surface area contributed by atoms with Crippen LogP contribution >= 0.6 is 35.3 Å². The Morgan fingerprint density at radius 1 is 1.25 bits per heavy atom. The Bertz CT molecular complexity index is 1010. The molecule has 1 aliphatic rings. The first kappa shape index (κ1) is 24.3. The third-order valence-electron chi connectivity index (χ3n) is 5.00. The number of aryl methyl sites for hydroxylation is 1. The van der Waals surface area contributed by atoms with Crippen molar-refractivity contribution >= 4 is 41.3 Å². The first-order valence-corrected chi connectivity index (χ1v) is 11.4. The Kier molecular flexibility index (Phi) is 9.15. The molecule has 0 radical (unpaired) electrons. The molecule has 0 saturated carbocycles. The van der Waals surface area contributed by atoms with E-state index < -0.39 is 0 Å². The lowest BCUT2D eigenvalue weighted by atomic mass is 10.2. The van der Waals surface area contributed by atoms with Gasteiger partial charge in [-0.1, -0.05) is 19.1 Å². The molecule has 0 amide bonds. The van der Waals surface area contributed by atoms with Crippen LogP contribution in [0, 0.1) is 0 Å². The highest BCUT2D eigenvalue weighted by molar-refractivity contribution is 14.0. The van der Waals surface area contributed by atoms with Crippen molar-refractivity contribution < 1.29 is 9.47 Å². The van der Waals surface area contributed by atoms with Crippen LogP contribution in [0.5, 0.6) is 11.5 Å². The summed E-state index contributed by atoms with van der Waals surface area (Å²) in [4.78, 5) is 8.22. The fraction of sp³-hybridized carbons (Fsp3) is 0.409. The van der Waals surface area contributed by atoms with Gasteiger partial charge < -0.3 is 24.3 Å². The molecule has 3 aromatic rings. The van der Waals surface area contributed by atoms with E-state index in [4.69, 9.17) is 14.5 Å². The summed E-state index contributed by atoms with van der Waals surface area (Å²) >= 11 is 1.72. The highest BCUT2D eigenvalue weighted by Gasteiger charge is 2.14. The zero-order chi connectivity index (χ0) is 21.5. The second kappa shape index (κ2) is 12.0. The molecular formula is C22H29IN6O2S. The molecule has 0 fully saturated rings. The van der Waals surface area contributed by atoms with Crippen molar-refractivity contribution in [3.05, 3.63) is 58.3 Å². The predicted molar refractivity (Wildman–Crippen MR) is 137 cm³/mol. The van der Waals surface area contributed by atoms with Crippen LogP contribution in [0.4, 0.5) is 0 Å². The van der Waals surface area contributed by atoms with E-state index in [2.05, 4.69) is 55.5 Å². The first-order chi connectivity index (χ1) is 15.2. The van der Waals surface area contributed by atoms with E-state index in [0.717, 1.165) is 48.4 Å². The number of benzene rings is 1. The minimum atomic E-state index is 0. The normalized spacial score (nSPS) is 12.9. The van der Waals surface area contributed by atoms with Crippen molar-refractivity contribution in [2.45, 2.75) is 33.0 Å². The van der Waals surface area contributed by atoms with Gasteiger partial charge in [-0.15, -0.1) is 45.5 Å². The molecule has 172 valence electrons. The van der Waals surface area contributed by atoms with Crippen LogP contribution in [-0.2, 0) is 26.1 Å². The second-order valence-corrected chi connectivity index (χ2v) is 8.31. The Morgan fingerprint density at radius 2 is 2.09 bits per heavy atom. The smallest absolute Gasteiger partial charge is 0.194 e. The van der Waals surface area contributed by atoms with Crippen LogP contribution in [0.15, 0.2) is 47.0 Å². The molecule has 8 nitrogen and oxygen atoms in total. The summed E-state index contributed by atoms with van der Waals surface area (Å²) in [6.07, 6.45) is 2.64. The monoisotopic (exact) mass is 568 g/mol. The first-order valence-electron chi connectivity index (χ1n) is 10.5. The summed E-state index contributed by atoms with van der Waals surface area (Å²) in [5.74, 6) is 3.46. The number of hydrogen-bond donors (Lipinski definition) is 1. The molecule has 0 bridgehead atoms. The molecule has 0 saturated heterocycles. The van der Waals surface area contributed by atoms with Crippen LogP contribution in [0.2, 0.25) is 0 Å². The lowest BCUT2D eigenvalue weighted by Gasteiger charge is -2.24. The third-order valence-corrected chi connectivity index (χ3v) is 5.86. The average Bonchev–Trinajstić information content (AvgIpc) is 3.47. The molecule has 3 heterocycles. The summed E-state index contributed by atoms with van der Waals surface area (Å²) in [5.41, 5.74) is 1.14. The summed E-state index contributed by atoms with van der Waals surface area (Å²) in [5, 5.41) is 13.7. The van der Waals surface area contributed by atoms with Crippen LogP contribution in [0.3, 0.4) is 0 Å². The van der Waals surface area contributed by atoms with Crippen LogP contribution < -0.4 is 14.8 Å². The van der Waals surface area contributed by atoms with Gasteiger partial charge in [0.2, 0.25) is 0 Å². The summed E-state index contributed by atoms with van der Waals surface area (Å²) in [7, 11) is 2.05. The number of aliphatic imine (C=N–C) groups is 1. The zero-order valence-corrected chi connectivity index (χ0v) is 21.5. The largest absolute Gasteiger partial charge is 0.486 e. The Morgan fingerprint density at radius 3 is 2.88 bits per heavy atom. The van der Waals surface area contributed by atoms with Gasteiger partial charge in [0, 0.05) is 38.0 Å². The molecule has 10 heteroatoms. The minimum Gasteiger partial charge on any atom is -0.486 e. The number of thiophene rings is 1. The maximum Gasteiger partial charge on any atom is 0.194 e. The maximum atomic E-state index is 5.73. The fourth-order valence-corrected chi connectivity index (χ4v) is 4.06. The molecule has 2 aromatic heterocycles. The number of ether oxygens (including phenoxy) is 2. The highest BCUT2D eigenvalue weighted by Crippen LogP contribution is 2.31. The lowest BCUT2D eigenvalue weighted by Crippen LogP contribution is -2.40. The topological polar surface area (TPSA) is 76.8 Å².